The van der Waals surface area contributed by atoms with E-state index in [9.17, 15) is 28.1 Å². The van der Waals surface area contributed by atoms with Gasteiger partial charge in [-0.1, -0.05) is 0 Å². The van der Waals surface area contributed by atoms with Crippen LogP contribution < -0.4 is 4.74 Å². The molecule has 0 aliphatic rings. The molecule has 17 heavy (non-hydrogen) atoms. The Kier molecular flexibility index (Phi) is 3.66. The first-order chi connectivity index (χ1) is 7.82. The minimum atomic E-state index is -3.31. The molecule has 0 amide bonds. The number of carbonyl (C=O) groups excluding carboxylic acids is 1. The van der Waals surface area contributed by atoms with E-state index in [0.29, 0.717) is 12.1 Å². The molecule has 0 N–H and O–H groups in total. The van der Waals surface area contributed by atoms with Gasteiger partial charge in [0, 0.05) is 6.07 Å². The molecule has 1 aromatic rings. The van der Waals surface area contributed by atoms with Gasteiger partial charge in [0.15, 0.2) is 5.78 Å². The topological polar surface area (TPSA) is 69.4 Å². The van der Waals surface area contributed by atoms with Crippen LogP contribution in [0.2, 0.25) is 0 Å². The predicted octanol–water partition coefficient (Wildman–Crippen LogP) is 2.54. The molecule has 0 aliphatic carbocycles. The minimum Gasteiger partial charge on any atom is -0.427 e. The maximum Gasteiger partial charge on any atom is 0.387 e. The average Bonchev–Trinajstić information content (AvgIpc) is 2.18. The molecule has 0 radical (unpaired) electrons. The first-order valence-corrected chi connectivity index (χ1v) is 4.26. The molecule has 0 aromatic heterocycles. The fraction of sp³-hybridized carbons (Fsp3) is 0.222. The number of nitrogens with zero attached hydrogens (tertiary/aromatic N) is 1. The van der Waals surface area contributed by atoms with Crippen LogP contribution in [-0.4, -0.2) is 17.3 Å². The number of ether oxygens (including phenoxy) is 1. The molecule has 0 bridgehead atoms. The van der Waals surface area contributed by atoms with Crippen molar-refractivity contribution >= 4 is 11.5 Å². The lowest BCUT2D eigenvalue weighted by Gasteiger charge is -2.07. The summed E-state index contributed by atoms with van der Waals surface area (Å²) in [5.41, 5.74) is -1.51. The van der Waals surface area contributed by atoms with E-state index in [-0.39, 0.29) is 0 Å². The minimum absolute atomic E-state index is 0.369. The molecule has 0 heterocycles. The van der Waals surface area contributed by atoms with E-state index in [1.807, 2.05) is 0 Å². The van der Waals surface area contributed by atoms with Gasteiger partial charge in [0.05, 0.1) is 16.6 Å². The summed E-state index contributed by atoms with van der Waals surface area (Å²) in [5.74, 6) is -2.76. The first kappa shape index (κ1) is 12.9. The molecule has 0 aliphatic heterocycles. The Morgan fingerprint density at radius 1 is 1.47 bits per heavy atom. The number of Topliss-reactive ketones (excluding diaryl/α,β-unsaturated/α-hetero) is 1. The van der Waals surface area contributed by atoms with E-state index in [1.165, 1.54) is 0 Å². The molecule has 0 spiro atoms. The standard InChI is InChI=1S/C9H6F3NO4/c1-4(14)5-2-8(17-9(11)12)7(13(15)16)3-6(5)10/h2-3,9H,1H3. The summed E-state index contributed by atoms with van der Waals surface area (Å²) in [5, 5.41) is 10.5. The number of hydrogen-bond acceptors (Lipinski definition) is 4. The summed E-state index contributed by atoms with van der Waals surface area (Å²) >= 11 is 0. The Bertz CT molecular complexity index is 476. The van der Waals surface area contributed by atoms with E-state index < -0.39 is 40.1 Å². The summed E-state index contributed by atoms with van der Waals surface area (Å²) in [6.07, 6.45) is 0. The van der Waals surface area contributed by atoms with Crippen LogP contribution in [0.15, 0.2) is 12.1 Å². The van der Waals surface area contributed by atoms with Crippen molar-refractivity contribution in [1.29, 1.82) is 0 Å². The van der Waals surface area contributed by atoms with Crippen LogP contribution in [0.3, 0.4) is 0 Å². The number of benzene rings is 1. The second-order valence-electron chi connectivity index (χ2n) is 2.99. The van der Waals surface area contributed by atoms with Crippen molar-refractivity contribution in [3.63, 3.8) is 0 Å². The van der Waals surface area contributed by atoms with E-state index in [4.69, 9.17) is 0 Å². The summed E-state index contributed by atoms with van der Waals surface area (Å²) in [4.78, 5) is 20.3. The number of alkyl halides is 2. The van der Waals surface area contributed by atoms with Crippen molar-refractivity contribution in [2.24, 2.45) is 0 Å². The summed E-state index contributed by atoms with van der Waals surface area (Å²) in [6, 6.07) is 0.955. The van der Waals surface area contributed by atoms with Crippen LogP contribution in [0.4, 0.5) is 18.9 Å². The number of rotatable bonds is 4. The number of nitro benzene ring substituents is 1. The van der Waals surface area contributed by atoms with Gasteiger partial charge in [-0.2, -0.15) is 8.78 Å². The zero-order valence-electron chi connectivity index (χ0n) is 8.45. The Balaban J connectivity index is 3.36. The van der Waals surface area contributed by atoms with Gasteiger partial charge in [-0.3, -0.25) is 14.9 Å². The van der Waals surface area contributed by atoms with E-state index in [2.05, 4.69) is 4.74 Å². The first-order valence-electron chi connectivity index (χ1n) is 4.26. The second kappa shape index (κ2) is 4.81. The fourth-order valence-corrected chi connectivity index (χ4v) is 1.15. The number of ketones is 1. The van der Waals surface area contributed by atoms with E-state index in [0.717, 1.165) is 6.92 Å². The second-order valence-corrected chi connectivity index (χ2v) is 2.99. The molecular weight excluding hydrogens is 243 g/mol. The monoisotopic (exact) mass is 249 g/mol. The van der Waals surface area contributed by atoms with Crippen LogP contribution in [0.25, 0.3) is 0 Å². The lowest BCUT2D eigenvalue weighted by atomic mass is 10.1. The zero-order chi connectivity index (χ0) is 13.2. The lowest BCUT2D eigenvalue weighted by Crippen LogP contribution is -2.07. The lowest BCUT2D eigenvalue weighted by molar-refractivity contribution is -0.386. The van der Waals surface area contributed by atoms with Crippen molar-refractivity contribution in [2.45, 2.75) is 13.5 Å². The SMILES string of the molecule is CC(=O)c1cc(OC(F)F)c([N+](=O)[O-])cc1F. The Labute approximate surface area is 93.0 Å². The fourth-order valence-electron chi connectivity index (χ4n) is 1.15. The third-order valence-corrected chi connectivity index (χ3v) is 1.84. The Morgan fingerprint density at radius 3 is 2.47 bits per heavy atom. The smallest absolute Gasteiger partial charge is 0.387 e. The van der Waals surface area contributed by atoms with Gasteiger partial charge < -0.3 is 4.74 Å². The van der Waals surface area contributed by atoms with E-state index in [1.54, 1.807) is 0 Å². The number of hydrogen-bond donors (Lipinski definition) is 0. The number of nitro groups is 1. The molecule has 5 nitrogen and oxygen atoms in total. The third-order valence-electron chi connectivity index (χ3n) is 1.84. The molecule has 1 aromatic carbocycles. The van der Waals surface area contributed by atoms with E-state index >= 15 is 0 Å². The van der Waals surface area contributed by atoms with Gasteiger partial charge in [0.25, 0.3) is 0 Å². The van der Waals surface area contributed by atoms with Crippen LogP contribution >= 0.6 is 0 Å². The van der Waals surface area contributed by atoms with Crippen LogP contribution in [0.5, 0.6) is 5.75 Å². The Hall–Kier alpha value is -2.12. The normalized spacial score (nSPS) is 10.4. The highest BCUT2D eigenvalue weighted by molar-refractivity contribution is 5.95. The molecule has 0 unspecified atom stereocenters. The summed E-state index contributed by atoms with van der Waals surface area (Å²) < 4.78 is 41.0. The summed E-state index contributed by atoms with van der Waals surface area (Å²) in [7, 11) is 0. The molecule has 0 saturated heterocycles. The zero-order valence-corrected chi connectivity index (χ0v) is 8.45. The highest BCUT2D eigenvalue weighted by Crippen LogP contribution is 2.31. The molecule has 0 fully saturated rings. The molecule has 1 rings (SSSR count). The summed E-state index contributed by atoms with van der Waals surface area (Å²) in [6.45, 7) is -2.31. The highest BCUT2D eigenvalue weighted by Gasteiger charge is 2.23. The predicted molar refractivity (Wildman–Crippen MR) is 49.7 cm³/mol. The van der Waals surface area contributed by atoms with Crippen LogP contribution in [0, 0.1) is 15.9 Å². The van der Waals surface area contributed by atoms with Gasteiger partial charge in [-0.15, -0.1) is 0 Å². The van der Waals surface area contributed by atoms with Crippen molar-refractivity contribution < 1.29 is 27.6 Å². The number of carbonyl (C=O) groups is 1. The molecule has 0 saturated carbocycles. The van der Waals surface area contributed by atoms with Crippen molar-refractivity contribution in [3.05, 3.63) is 33.6 Å². The van der Waals surface area contributed by atoms with Gasteiger partial charge in [0.2, 0.25) is 5.75 Å². The van der Waals surface area contributed by atoms with Gasteiger partial charge in [-0.05, 0) is 6.92 Å². The average molecular weight is 249 g/mol. The van der Waals surface area contributed by atoms with Crippen LogP contribution in [-0.2, 0) is 0 Å². The van der Waals surface area contributed by atoms with Crippen LogP contribution in [0.1, 0.15) is 17.3 Å². The maximum atomic E-state index is 13.2. The van der Waals surface area contributed by atoms with Gasteiger partial charge >= 0.3 is 12.3 Å². The van der Waals surface area contributed by atoms with Crippen molar-refractivity contribution in [3.8, 4) is 5.75 Å². The molecular formula is C9H6F3NO4. The van der Waals surface area contributed by atoms with Crippen molar-refractivity contribution in [1.82, 2.24) is 0 Å². The van der Waals surface area contributed by atoms with Crippen molar-refractivity contribution in [2.75, 3.05) is 0 Å². The molecule has 92 valence electrons. The van der Waals surface area contributed by atoms with Gasteiger partial charge in [-0.25, -0.2) is 4.39 Å². The molecule has 0 atom stereocenters. The van der Waals surface area contributed by atoms with Gasteiger partial charge in [0.1, 0.15) is 5.82 Å². The maximum absolute atomic E-state index is 13.2. The quantitative estimate of drug-likeness (QED) is 0.467. The molecule has 8 heteroatoms. The Morgan fingerprint density at radius 2 is 2.06 bits per heavy atom. The largest absolute Gasteiger partial charge is 0.427 e. The number of halogens is 3. The third kappa shape index (κ3) is 2.92. The highest BCUT2D eigenvalue weighted by atomic mass is 19.3.